The van der Waals surface area contributed by atoms with E-state index < -0.39 is 0 Å². The summed E-state index contributed by atoms with van der Waals surface area (Å²) < 4.78 is 1.08. The fourth-order valence-corrected chi connectivity index (χ4v) is 1.99. The van der Waals surface area contributed by atoms with E-state index in [4.69, 9.17) is 0 Å². The predicted molar refractivity (Wildman–Crippen MR) is 67.9 cm³/mol. The Hall–Kier alpha value is 0.270. The first-order chi connectivity index (χ1) is 6.77. The summed E-state index contributed by atoms with van der Waals surface area (Å²) in [6.45, 7) is 0. The first-order valence-corrected chi connectivity index (χ1v) is 5.55. The minimum Gasteiger partial charge on any atom is -1.00 e. The molecule has 0 nitrogen and oxygen atoms in total. The molecule has 3 heteroatoms. The van der Waals surface area contributed by atoms with Crippen molar-refractivity contribution in [3.63, 3.8) is 0 Å². The molecular weight excluding hydrogens is 279 g/mol. The summed E-state index contributed by atoms with van der Waals surface area (Å²) in [7, 11) is 0. The number of hydrogen-bond donors (Lipinski definition) is 1. The maximum absolute atomic E-state index is 4.44. The van der Waals surface area contributed by atoms with Gasteiger partial charge in [0.15, 0.2) is 0 Å². The number of hydrogen-bond acceptors (Lipinski definition) is 1. The van der Waals surface area contributed by atoms with Crippen LogP contribution in [0.3, 0.4) is 0 Å². The van der Waals surface area contributed by atoms with Crippen LogP contribution in [0, 0.1) is 0 Å². The Balaban J connectivity index is 0.00000112. The smallest absolute Gasteiger partial charge is 1.00 e. The van der Waals surface area contributed by atoms with Crippen molar-refractivity contribution >= 4 is 28.6 Å². The van der Waals surface area contributed by atoms with Gasteiger partial charge in [0, 0.05) is 9.37 Å². The summed E-state index contributed by atoms with van der Waals surface area (Å²) in [5, 5.41) is 0. The second-order valence-electron chi connectivity index (χ2n) is 3.03. The number of thiol groups is 1. The van der Waals surface area contributed by atoms with Crippen molar-refractivity contribution in [2.75, 3.05) is 0 Å². The van der Waals surface area contributed by atoms with E-state index in [1.54, 1.807) is 0 Å². The van der Waals surface area contributed by atoms with E-state index in [0.29, 0.717) is 0 Å². The Morgan fingerprint density at radius 2 is 1.67 bits per heavy atom. The maximum Gasteiger partial charge on any atom is 1.00 e. The Labute approximate surface area is 127 Å². The molecule has 0 bridgehead atoms. The molecule has 0 saturated heterocycles. The maximum atomic E-state index is 4.44. The molecule has 0 saturated carbocycles. The van der Waals surface area contributed by atoms with E-state index in [-0.39, 0.29) is 31.0 Å². The molecule has 0 atom stereocenters. The van der Waals surface area contributed by atoms with Crippen molar-refractivity contribution in [1.82, 2.24) is 0 Å². The molecule has 2 aromatic carbocycles. The van der Waals surface area contributed by atoms with Crippen LogP contribution in [0.15, 0.2) is 57.9 Å². The van der Waals surface area contributed by atoms with Crippen LogP contribution in [-0.2, 0) is 0 Å². The topological polar surface area (TPSA) is 0 Å². The molecule has 2 rings (SSSR count). The Morgan fingerprint density at radius 1 is 1.00 bits per heavy atom. The zero-order valence-electron chi connectivity index (χ0n) is 9.44. The summed E-state index contributed by atoms with van der Waals surface area (Å²) in [5.74, 6) is 0. The van der Waals surface area contributed by atoms with Gasteiger partial charge in [0.05, 0.1) is 0 Å². The molecule has 2 aromatic rings. The van der Waals surface area contributed by atoms with Gasteiger partial charge in [-0.3, -0.25) is 0 Å². The zero-order valence-corrected chi connectivity index (χ0v) is 12.9. The van der Waals surface area contributed by atoms with E-state index in [0.717, 1.165) is 14.9 Å². The van der Waals surface area contributed by atoms with E-state index in [9.17, 15) is 0 Å². The van der Waals surface area contributed by atoms with Gasteiger partial charge in [-0.05, 0) is 29.3 Å². The molecule has 0 spiro atoms. The molecule has 0 aromatic heterocycles. The predicted octanol–water partition coefficient (Wildman–Crippen LogP) is 1.52. The SMILES string of the molecule is Sc1ccc(Br)cc1-c1ccccc1.[H-].[Na+]. The normalized spacial score (nSPS) is 9.47. The summed E-state index contributed by atoms with van der Waals surface area (Å²) in [6, 6.07) is 16.3. The van der Waals surface area contributed by atoms with E-state index >= 15 is 0 Å². The van der Waals surface area contributed by atoms with Gasteiger partial charge in [-0.1, -0.05) is 46.3 Å². The number of halogens is 1. The van der Waals surface area contributed by atoms with Crippen LogP contribution in [0.2, 0.25) is 0 Å². The van der Waals surface area contributed by atoms with Crippen LogP contribution in [0.1, 0.15) is 1.43 Å². The van der Waals surface area contributed by atoms with E-state index in [1.165, 1.54) is 5.56 Å². The molecule has 0 N–H and O–H groups in total. The minimum atomic E-state index is 0. The van der Waals surface area contributed by atoms with Crippen LogP contribution < -0.4 is 29.6 Å². The number of benzene rings is 2. The van der Waals surface area contributed by atoms with E-state index in [1.807, 2.05) is 30.3 Å². The Bertz CT molecular complexity index is 448. The molecule has 0 heterocycles. The second-order valence-corrected chi connectivity index (χ2v) is 4.42. The van der Waals surface area contributed by atoms with Gasteiger partial charge in [0.25, 0.3) is 0 Å². The van der Waals surface area contributed by atoms with Gasteiger partial charge in [-0.2, -0.15) is 0 Å². The molecule has 0 unspecified atom stereocenters. The largest absolute Gasteiger partial charge is 1.00 e. The third-order valence-corrected chi connectivity index (χ3v) is 2.93. The molecular formula is C12H10BrNaS. The summed E-state index contributed by atoms with van der Waals surface area (Å²) in [6.07, 6.45) is 0. The summed E-state index contributed by atoms with van der Waals surface area (Å²) in [4.78, 5) is 0.999. The van der Waals surface area contributed by atoms with Crippen molar-refractivity contribution in [3.05, 3.63) is 53.0 Å². The summed E-state index contributed by atoms with van der Waals surface area (Å²) >= 11 is 7.90. The van der Waals surface area contributed by atoms with Crippen LogP contribution in [0.25, 0.3) is 11.1 Å². The van der Waals surface area contributed by atoms with Crippen LogP contribution in [-0.4, -0.2) is 0 Å². The first-order valence-electron chi connectivity index (χ1n) is 4.31. The van der Waals surface area contributed by atoms with Crippen molar-refractivity contribution in [1.29, 1.82) is 0 Å². The third-order valence-electron chi connectivity index (χ3n) is 2.04. The van der Waals surface area contributed by atoms with E-state index in [2.05, 4.69) is 46.8 Å². The van der Waals surface area contributed by atoms with Gasteiger partial charge in [0.2, 0.25) is 0 Å². The van der Waals surface area contributed by atoms with Gasteiger partial charge in [0.1, 0.15) is 0 Å². The Morgan fingerprint density at radius 3 is 2.33 bits per heavy atom. The fourth-order valence-electron chi connectivity index (χ4n) is 1.36. The molecule has 0 aliphatic carbocycles. The standard InChI is InChI=1S/C12H9BrS.Na.H/c13-10-6-7-12(14)11(8-10)9-4-2-1-3-5-9;;/h1-8,14H;;/q;+1;-1. The van der Waals surface area contributed by atoms with Crippen molar-refractivity contribution in [3.8, 4) is 11.1 Å². The molecule has 72 valence electrons. The Kier molecular flexibility index (Phi) is 5.44. The first kappa shape index (κ1) is 13.3. The van der Waals surface area contributed by atoms with Crippen LogP contribution in [0.5, 0.6) is 0 Å². The quantitative estimate of drug-likeness (QED) is 0.597. The third kappa shape index (κ3) is 3.36. The van der Waals surface area contributed by atoms with Crippen LogP contribution in [0.4, 0.5) is 0 Å². The molecule has 0 amide bonds. The molecule has 0 fully saturated rings. The van der Waals surface area contributed by atoms with Gasteiger partial charge in [-0.15, -0.1) is 12.6 Å². The van der Waals surface area contributed by atoms with Crippen molar-refractivity contribution in [2.24, 2.45) is 0 Å². The minimum absolute atomic E-state index is 0. The second kappa shape index (κ2) is 6.12. The average Bonchev–Trinajstić information content (AvgIpc) is 2.23. The molecule has 0 aliphatic rings. The molecule has 0 aliphatic heterocycles. The molecule has 0 radical (unpaired) electrons. The average molecular weight is 289 g/mol. The van der Waals surface area contributed by atoms with Crippen molar-refractivity contribution in [2.45, 2.75) is 4.90 Å². The number of rotatable bonds is 1. The van der Waals surface area contributed by atoms with Gasteiger partial charge in [-0.25, -0.2) is 0 Å². The molecule has 15 heavy (non-hydrogen) atoms. The van der Waals surface area contributed by atoms with Crippen LogP contribution >= 0.6 is 28.6 Å². The van der Waals surface area contributed by atoms with Gasteiger partial charge >= 0.3 is 29.6 Å². The van der Waals surface area contributed by atoms with Gasteiger partial charge < -0.3 is 1.43 Å². The zero-order chi connectivity index (χ0) is 9.97. The monoisotopic (exact) mass is 288 g/mol. The van der Waals surface area contributed by atoms with Crippen molar-refractivity contribution < 1.29 is 31.0 Å². The summed E-state index contributed by atoms with van der Waals surface area (Å²) in [5.41, 5.74) is 2.35. The fraction of sp³-hybridized carbons (Fsp3) is 0.